The van der Waals surface area contributed by atoms with Gasteiger partial charge in [0.2, 0.25) is 18.0 Å². The summed E-state index contributed by atoms with van der Waals surface area (Å²) in [5, 5.41) is 72.4. The molecule has 2 aromatic heterocycles. The summed E-state index contributed by atoms with van der Waals surface area (Å²) in [6, 6.07) is 6.98. The first-order valence-corrected chi connectivity index (χ1v) is 25.3. The third kappa shape index (κ3) is 14.4. The number of aliphatic hydroxyl groups is 5. The van der Waals surface area contributed by atoms with Crippen LogP contribution < -0.4 is 46.3 Å². The predicted octanol–water partition coefficient (Wildman–Crippen LogP) is -0.917. The molecule has 30 nitrogen and oxygen atoms in total. The maximum Gasteiger partial charge on any atom is 0.416 e. The number of carbonyl (C=O) groups excluding carboxylic acids is 6. The fourth-order valence-corrected chi connectivity index (χ4v) is 8.94. The molecular weight excluding hydrogens is 1070 g/mol. The molecule has 81 heavy (non-hydrogen) atoms. The van der Waals surface area contributed by atoms with E-state index < -0.39 is 91.2 Å². The number of aryl methyl sites for hydroxylation is 2. The molecule has 6 amide bonds. The van der Waals surface area contributed by atoms with Gasteiger partial charge in [-0.05, 0) is 49.1 Å². The molecule has 0 spiro atoms. The first-order chi connectivity index (χ1) is 38.7. The van der Waals surface area contributed by atoms with E-state index in [1.165, 1.54) is 63.7 Å². The zero-order valence-corrected chi connectivity index (χ0v) is 44.3. The topological polar surface area (TPSA) is 409 Å². The number of rotatable bonds is 25. The fraction of sp³-hybridized carbons (Fsp3) is 0.451. The lowest BCUT2D eigenvalue weighted by Gasteiger charge is -2.38. The number of methoxy groups -OCH3 is 1. The molecule has 5 heterocycles. The van der Waals surface area contributed by atoms with E-state index >= 15 is 0 Å². The van der Waals surface area contributed by atoms with Crippen molar-refractivity contribution in [2.75, 3.05) is 75.3 Å². The second-order valence-corrected chi connectivity index (χ2v) is 18.8. The van der Waals surface area contributed by atoms with E-state index in [4.69, 9.17) is 39.4 Å². The van der Waals surface area contributed by atoms with Gasteiger partial charge in [-0.15, -0.1) is 0 Å². The molecule has 7 rings (SSSR count). The third-order valence-corrected chi connectivity index (χ3v) is 13.0. The quantitative estimate of drug-likeness (QED) is 0.0217. The zero-order chi connectivity index (χ0) is 58.7. The molecule has 0 bridgehead atoms. The van der Waals surface area contributed by atoms with Crippen LogP contribution in [0.25, 0.3) is 0 Å². The average Bonchev–Trinajstić information content (AvgIpc) is 4.27. The molecule has 2 fully saturated rings. The van der Waals surface area contributed by atoms with Crippen molar-refractivity contribution >= 4 is 58.8 Å². The van der Waals surface area contributed by atoms with Gasteiger partial charge in [0.1, 0.15) is 36.4 Å². The fourth-order valence-electron chi connectivity index (χ4n) is 8.94. The van der Waals surface area contributed by atoms with Crippen molar-refractivity contribution in [3.05, 3.63) is 89.2 Å². The minimum Gasteiger partial charge on any atom is -0.493 e. The van der Waals surface area contributed by atoms with Gasteiger partial charge in [-0.25, -0.2) is 25.4 Å². The Bertz CT molecular complexity index is 2980. The summed E-state index contributed by atoms with van der Waals surface area (Å²) in [6.45, 7) is 3.71. The molecule has 0 radical (unpaired) electrons. The van der Waals surface area contributed by atoms with E-state index in [-0.39, 0.29) is 129 Å². The van der Waals surface area contributed by atoms with Crippen molar-refractivity contribution in [2.45, 2.75) is 75.3 Å². The number of anilines is 3. The molecule has 1 unspecified atom stereocenters. The predicted molar refractivity (Wildman–Crippen MR) is 279 cm³/mol. The highest BCUT2D eigenvalue weighted by molar-refractivity contribution is 6.06. The maximum atomic E-state index is 14.4. The van der Waals surface area contributed by atoms with Crippen LogP contribution in [0.2, 0.25) is 0 Å². The number of nitrogens with zero attached hydrogens (tertiary/aromatic N) is 5. The Balaban J connectivity index is 1.04. The molecule has 2 saturated heterocycles. The number of nitrogens with one attached hydrogen (secondary N) is 4. The number of aromatic nitrogens is 3. The standard InChI is InChI=1S/C51H64N10O20/c1-26-17-33-48(71)61(51(74)78-25-27-8-9-34(30(18-27)44(67)54-11-14-76-15-16-79-52)80-50-41(66)39(64)40(65)42(81-50)49(72)73)31-21-36(35(75-4)20-29(31)47(70)60(33)22-26)77-13-5-7-38(63)56-37-24-59(3)43(57-37)46(69)55-28-19-32(58(2)23-28)45(68)53-10-6-12-62/h8-9,18-21,23-24,33,39-42,48,50,62,64-66,71H,1,5-7,10-17,22,25,52H2,2-4H3,(H,53,68)(H,54,67)(H,55,69)(H,56,63)(H,72,73)/t33-,39-,40-,41+,42-,48?,50+/m0/s1. The number of ether oxygens (including phenoxy) is 6. The number of carboxylic acid groups (broad SMARTS) is 1. The molecular formula is C51H64N10O20. The van der Waals surface area contributed by atoms with E-state index in [2.05, 4.69) is 37.7 Å². The normalized spacial score (nSPS) is 20.4. The lowest BCUT2D eigenvalue weighted by molar-refractivity contribution is -0.271. The van der Waals surface area contributed by atoms with Gasteiger partial charge in [-0.1, -0.05) is 18.2 Å². The second-order valence-electron chi connectivity index (χ2n) is 18.8. The van der Waals surface area contributed by atoms with Crippen LogP contribution in [0.1, 0.15) is 73.1 Å². The van der Waals surface area contributed by atoms with Crippen LogP contribution in [0.4, 0.5) is 22.0 Å². The highest BCUT2D eigenvalue weighted by Crippen LogP contribution is 2.42. The molecule has 3 aliphatic heterocycles. The van der Waals surface area contributed by atoms with E-state index in [0.717, 1.165) is 4.90 Å². The Morgan fingerprint density at radius 3 is 2.35 bits per heavy atom. The van der Waals surface area contributed by atoms with Crippen molar-refractivity contribution in [1.82, 2.24) is 29.7 Å². The van der Waals surface area contributed by atoms with E-state index in [9.17, 15) is 59.1 Å². The molecule has 0 saturated carbocycles. The van der Waals surface area contributed by atoms with Gasteiger partial charge in [0.25, 0.3) is 23.6 Å². The number of nitrogens with two attached hydrogens (primary N) is 1. The highest BCUT2D eigenvalue weighted by atomic mass is 16.7. The summed E-state index contributed by atoms with van der Waals surface area (Å²) >= 11 is 0. The van der Waals surface area contributed by atoms with Gasteiger partial charge in [0.15, 0.2) is 29.6 Å². The van der Waals surface area contributed by atoms with Gasteiger partial charge in [-0.3, -0.25) is 24.0 Å². The number of aliphatic hydroxyl groups excluding tert-OH is 5. The van der Waals surface area contributed by atoms with Crippen molar-refractivity contribution in [3.63, 3.8) is 0 Å². The highest BCUT2D eigenvalue weighted by Gasteiger charge is 2.49. The van der Waals surface area contributed by atoms with Crippen molar-refractivity contribution in [2.24, 2.45) is 20.0 Å². The minimum atomic E-state index is -2.02. The van der Waals surface area contributed by atoms with Gasteiger partial charge in [0.05, 0.1) is 62.1 Å². The molecule has 2 aromatic carbocycles. The molecule has 30 heteroatoms. The van der Waals surface area contributed by atoms with Crippen LogP contribution in [0.5, 0.6) is 17.2 Å². The van der Waals surface area contributed by atoms with Crippen molar-refractivity contribution in [3.8, 4) is 17.2 Å². The van der Waals surface area contributed by atoms with Gasteiger partial charge in [-0.2, -0.15) is 0 Å². The minimum absolute atomic E-state index is 0.0111. The third-order valence-electron chi connectivity index (χ3n) is 13.0. The molecule has 7 atom stereocenters. The Morgan fingerprint density at radius 1 is 0.852 bits per heavy atom. The van der Waals surface area contributed by atoms with Crippen molar-refractivity contribution in [1.29, 1.82) is 0 Å². The van der Waals surface area contributed by atoms with Crippen LogP contribution in [-0.4, -0.2) is 194 Å². The first-order valence-electron chi connectivity index (χ1n) is 25.3. The van der Waals surface area contributed by atoms with Crippen LogP contribution in [-0.2, 0) is 49.3 Å². The van der Waals surface area contributed by atoms with Crippen LogP contribution >= 0.6 is 0 Å². The maximum absolute atomic E-state index is 14.4. The first kappa shape index (κ1) is 60.4. The number of carboxylic acids is 1. The van der Waals surface area contributed by atoms with Crippen LogP contribution in [0.15, 0.2) is 60.9 Å². The number of amides is 6. The van der Waals surface area contributed by atoms with E-state index in [1.807, 2.05) is 0 Å². The number of hydrogen-bond acceptors (Lipinski definition) is 21. The smallest absolute Gasteiger partial charge is 0.416 e. The summed E-state index contributed by atoms with van der Waals surface area (Å²) in [6.07, 6.45) is -9.30. The monoisotopic (exact) mass is 1140 g/mol. The Hall–Kier alpha value is -8.20. The Morgan fingerprint density at radius 2 is 1.62 bits per heavy atom. The summed E-state index contributed by atoms with van der Waals surface area (Å²) in [5.74, 6) is 0.315. The zero-order valence-electron chi connectivity index (χ0n) is 44.3. The Labute approximate surface area is 461 Å². The number of fused-ring (bicyclic) bond motifs is 2. The molecule has 3 aliphatic rings. The van der Waals surface area contributed by atoms with Crippen molar-refractivity contribution < 1.29 is 97.5 Å². The largest absolute Gasteiger partial charge is 0.493 e. The number of carbonyl (C=O) groups is 7. The lowest BCUT2D eigenvalue weighted by Crippen LogP contribution is -2.61. The summed E-state index contributed by atoms with van der Waals surface area (Å²) in [7, 11) is 4.51. The number of benzene rings is 2. The van der Waals surface area contributed by atoms with Crippen LogP contribution in [0, 0.1) is 0 Å². The summed E-state index contributed by atoms with van der Waals surface area (Å²) in [5.41, 5.74) is 0.900. The summed E-state index contributed by atoms with van der Waals surface area (Å²) in [4.78, 5) is 104. The molecule has 0 aliphatic carbocycles. The number of imidazole rings is 1. The molecule has 12 N–H and O–H groups in total. The van der Waals surface area contributed by atoms with E-state index in [0.29, 0.717) is 17.7 Å². The number of aliphatic carboxylic acids is 1. The van der Waals surface area contributed by atoms with Gasteiger partial charge >= 0.3 is 12.1 Å². The van der Waals surface area contributed by atoms with Gasteiger partial charge in [0, 0.05) is 65.2 Å². The lowest BCUT2D eigenvalue weighted by atomic mass is 9.99. The number of hydrogen-bond donors (Lipinski definition) is 11. The van der Waals surface area contributed by atoms with Crippen LogP contribution in [0.3, 0.4) is 0 Å². The van der Waals surface area contributed by atoms with E-state index in [1.54, 1.807) is 20.3 Å². The van der Waals surface area contributed by atoms with Gasteiger partial charge < -0.3 is 99.2 Å². The molecule has 438 valence electrons. The Kier molecular flexibility index (Phi) is 20.4. The SMILES string of the molecule is C=C1C[C@H]2C(O)N(C(=O)OCc3ccc(O[C@@H]4O[C@H](C(=O)O)[C@@H](O)[C@H](O)[C@H]4O)c(C(=O)NCCOCCON)c3)c3cc(OCCCC(=O)Nc4cn(C)c(C(=O)Nc5cc(C(=O)NCCCO)n(C)c5)n4)c(OC)cc3C(=O)N2C1. The molecule has 4 aromatic rings. The second kappa shape index (κ2) is 27.3. The summed E-state index contributed by atoms with van der Waals surface area (Å²) < 4.78 is 36.7. The average molecular weight is 1140 g/mol.